The number of nitrogens with one attached hydrogen (secondary N) is 2. The van der Waals surface area contributed by atoms with E-state index >= 15 is 0 Å². The van der Waals surface area contributed by atoms with Gasteiger partial charge < -0.3 is 41.3 Å². The third kappa shape index (κ3) is 16.6. The van der Waals surface area contributed by atoms with Crippen LogP contribution >= 0.6 is 0 Å². The molecule has 0 aliphatic carbocycles. The molecule has 8 N–H and O–H groups in total. The lowest BCUT2D eigenvalue weighted by Crippen LogP contribution is -2.30. The molecule has 11 heteroatoms. The lowest BCUT2D eigenvalue weighted by Gasteiger charge is -2.01. The third-order valence-corrected chi connectivity index (χ3v) is 3.28. The number of hydrogen-bond donors (Lipinski definition) is 8. The maximum absolute atomic E-state index is 11.8. The van der Waals surface area contributed by atoms with E-state index in [1.165, 1.54) is 0 Å². The van der Waals surface area contributed by atoms with E-state index in [-0.39, 0.29) is 32.0 Å². The molecule has 0 saturated heterocycles. The summed E-state index contributed by atoms with van der Waals surface area (Å²) in [6.07, 6.45) is -2.96. The van der Waals surface area contributed by atoms with Crippen LogP contribution in [0, 0.1) is 0 Å². The van der Waals surface area contributed by atoms with Crippen molar-refractivity contribution in [2.24, 2.45) is 0 Å². The van der Waals surface area contributed by atoms with E-state index < -0.39 is 24.5 Å². The molecule has 0 bridgehead atoms. The molecule has 11 nitrogen and oxygen atoms in total. The van der Waals surface area contributed by atoms with E-state index in [2.05, 4.69) is 10.6 Å². The van der Waals surface area contributed by atoms with Gasteiger partial charge in [0.05, 0.1) is 13.1 Å². The number of aliphatic carboxylic acids is 2. The zero-order chi connectivity index (χ0) is 24.4. The standard InChI is InChI=1S/C13H10O.2C4H9NO4/c14-13(11-7-3-1-4-8-11)12-9-5-2-6-10-12;2*6-3(7)1-5-2-4(8)9/h1-10H;2*3,5-7H,1-2H2,(H,8,9). The fourth-order valence-corrected chi connectivity index (χ4v) is 1.96. The van der Waals surface area contributed by atoms with Crippen LogP contribution < -0.4 is 10.6 Å². The Labute approximate surface area is 184 Å². The van der Waals surface area contributed by atoms with Gasteiger partial charge in [-0.25, -0.2) is 0 Å². The Hall–Kier alpha value is -3.19. The van der Waals surface area contributed by atoms with Gasteiger partial charge in [0.1, 0.15) is 0 Å². The first-order valence-electron chi connectivity index (χ1n) is 9.35. The molecular weight excluding hydrogens is 424 g/mol. The number of hydrogen-bond acceptors (Lipinski definition) is 9. The van der Waals surface area contributed by atoms with Crippen molar-refractivity contribution in [3.63, 3.8) is 0 Å². The summed E-state index contributed by atoms with van der Waals surface area (Å²) in [5.74, 6) is -1.96. The summed E-state index contributed by atoms with van der Waals surface area (Å²) < 4.78 is 0. The van der Waals surface area contributed by atoms with Crippen molar-refractivity contribution in [1.29, 1.82) is 0 Å². The maximum atomic E-state index is 11.8. The highest BCUT2D eigenvalue weighted by Gasteiger charge is 2.06. The molecule has 176 valence electrons. The van der Waals surface area contributed by atoms with Crippen LogP contribution in [-0.2, 0) is 9.59 Å². The molecule has 2 rings (SSSR count). The van der Waals surface area contributed by atoms with Crippen LogP contribution in [0.5, 0.6) is 0 Å². The average Bonchev–Trinajstić information content (AvgIpc) is 2.74. The molecule has 2 aromatic rings. The highest BCUT2D eigenvalue weighted by atomic mass is 16.5. The van der Waals surface area contributed by atoms with Crippen molar-refractivity contribution in [3.05, 3.63) is 71.8 Å². The van der Waals surface area contributed by atoms with Gasteiger partial charge in [-0.1, -0.05) is 60.7 Å². The molecular formula is C21H28N2O9. The van der Waals surface area contributed by atoms with Crippen LogP contribution in [0.25, 0.3) is 0 Å². The summed E-state index contributed by atoms with van der Waals surface area (Å²) in [5.41, 5.74) is 1.47. The number of carboxylic acid groups (broad SMARTS) is 2. The second-order valence-corrected chi connectivity index (χ2v) is 6.07. The minimum absolute atomic E-state index is 0.0752. The van der Waals surface area contributed by atoms with Crippen LogP contribution in [0.1, 0.15) is 15.9 Å². The molecule has 0 aliphatic heterocycles. The number of carbonyl (C=O) groups excluding carboxylic acids is 1. The number of ketones is 1. The Morgan fingerprint density at radius 1 is 0.625 bits per heavy atom. The Morgan fingerprint density at radius 3 is 1.19 bits per heavy atom. The van der Waals surface area contributed by atoms with Gasteiger partial charge in [-0.2, -0.15) is 0 Å². The Bertz CT molecular complexity index is 719. The van der Waals surface area contributed by atoms with Gasteiger partial charge in [-0.3, -0.25) is 14.4 Å². The van der Waals surface area contributed by atoms with E-state index in [9.17, 15) is 14.4 Å². The quantitative estimate of drug-likeness (QED) is 0.160. The predicted octanol–water partition coefficient (Wildman–Crippen LogP) is -1.14. The number of rotatable bonds is 10. The van der Waals surface area contributed by atoms with Crippen molar-refractivity contribution in [2.45, 2.75) is 12.6 Å². The summed E-state index contributed by atoms with van der Waals surface area (Å²) >= 11 is 0. The first-order chi connectivity index (χ1) is 15.1. The topological polar surface area (TPSA) is 197 Å². The first-order valence-corrected chi connectivity index (χ1v) is 9.35. The lowest BCUT2D eigenvalue weighted by atomic mass is 10.0. The summed E-state index contributed by atoms with van der Waals surface area (Å²) in [4.78, 5) is 31.4. The van der Waals surface area contributed by atoms with Gasteiger partial charge in [0, 0.05) is 24.2 Å². The van der Waals surface area contributed by atoms with E-state index in [0.717, 1.165) is 11.1 Å². The minimum Gasteiger partial charge on any atom is -0.480 e. The second kappa shape index (κ2) is 17.5. The SMILES string of the molecule is O=C(O)CNCC(O)O.O=C(O)CNCC(O)O.O=C(c1ccccc1)c1ccccc1. The van der Waals surface area contributed by atoms with E-state index in [4.69, 9.17) is 30.6 Å². The fraction of sp³-hybridized carbons (Fsp3) is 0.286. The summed E-state index contributed by atoms with van der Waals surface area (Å²) in [6, 6.07) is 18.6. The molecule has 0 aromatic heterocycles. The predicted molar refractivity (Wildman–Crippen MR) is 114 cm³/mol. The first kappa shape index (κ1) is 28.8. The van der Waals surface area contributed by atoms with E-state index in [1.54, 1.807) is 0 Å². The molecule has 0 unspecified atom stereocenters. The maximum Gasteiger partial charge on any atom is 0.317 e. The third-order valence-electron chi connectivity index (χ3n) is 3.28. The van der Waals surface area contributed by atoms with E-state index in [1.807, 2.05) is 60.7 Å². The average molecular weight is 452 g/mol. The highest BCUT2D eigenvalue weighted by molar-refractivity contribution is 6.08. The van der Waals surface area contributed by atoms with Crippen molar-refractivity contribution >= 4 is 17.7 Å². The summed E-state index contributed by atoms with van der Waals surface area (Å²) in [6.45, 7) is -0.742. The Kier molecular flexibility index (Phi) is 15.7. The van der Waals surface area contributed by atoms with Crippen LogP contribution in [0.2, 0.25) is 0 Å². The molecule has 0 atom stereocenters. The van der Waals surface area contributed by atoms with Crippen LogP contribution in [0.15, 0.2) is 60.7 Å². The largest absolute Gasteiger partial charge is 0.480 e. The van der Waals surface area contributed by atoms with Gasteiger partial charge in [0.25, 0.3) is 0 Å². The summed E-state index contributed by atoms with van der Waals surface area (Å²) in [7, 11) is 0. The van der Waals surface area contributed by atoms with Crippen molar-refractivity contribution in [2.75, 3.05) is 26.2 Å². The molecule has 0 spiro atoms. The fourth-order valence-electron chi connectivity index (χ4n) is 1.96. The van der Waals surface area contributed by atoms with Gasteiger partial charge in [0.15, 0.2) is 18.4 Å². The number of carbonyl (C=O) groups is 3. The second-order valence-electron chi connectivity index (χ2n) is 6.07. The van der Waals surface area contributed by atoms with Crippen molar-refractivity contribution in [3.8, 4) is 0 Å². The Morgan fingerprint density at radius 2 is 0.938 bits per heavy atom. The minimum atomic E-state index is -1.48. The zero-order valence-corrected chi connectivity index (χ0v) is 17.2. The Balaban J connectivity index is 0.000000474. The number of aliphatic hydroxyl groups excluding tert-OH is 2. The molecule has 0 amide bonds. The van der Waals surface area contributed by atoms with E-state index in [0.29, 0.717) is 0 Å². The van der Waals surface area contributed by atoms with Gasteiger partial charge in [-0.15, -0.1) is 0 Å². The number of carboxylic acids is 2. The van der Waals surface area contributed by atoms with Gasteiger partial charge in [-0.05, 0) is 0 Å². The molecule has 0 heterocycles. The highest BCUT2D eigenvalue weighted by Crippen LogP contribution is 2.08. The van der Waals surface area contributed by atoms with Crippen LogP contribution in [0.3, 0.4) is 0 Å². The monoisotopic (exact) mass is 452 g/mol. The van der Waals surface area contributed by atoms with Crippen LogP contribution in [0.4, 0.5) is 0 Å². The number of aliphatic hydroxyl groups is 4. The molecule has 32 heavy (non-hydrogen) atoms. The normalized spacial score (nSPS) is 9.94. The molecule has 2 aromatic carbocycles. The summed E-state index contributed by atoms with van der Waals surface area (Å²) in [5, 5.41) is 53.2. The van der Waals surface area contributed by atoms with Gasteiger partial charge >= 0.3 is 11.9 Å². The smallest absolute Gasteiger partial charge is 0.317 e. The lowest BCUT2D eigenvalue weighted by molar-refractivity contribution is -0.137. The molecule has 0 saturated carbocycles. The molecule has 0 radical (unpaired) electrons. The van der Waals surface area contributed by atoms with Crippen molar-refractivity contribution in [1.82, 2.24) is 10.6 Å². The number of benzene rings is 2. The van der Waals surface area contributed by atoms with Crippen molar-refractivity contribution < 1.29 is 45.0 Å². The molecule has 0 aliphatic rings. The van der Waals surface area contributed by atoms with Crippen LogP contribution in [-0.4, -0.2) is 87.1 Å². The zero-order valence-electron chi connectivity index (χ0n) is 17.2. The molecule has 0 fully saturated rings. The van der Waals surface area contributed by atoms with Gasteiger partial charge in [0.2, 0.25) is 0 Å².